The van der Waals surface area contributed by atoms with E-state index in [4.69, 9.17) is 9.84 Å². The molecule has 0 radical (unpaired) electrons. The van der Waals surface area contributed by atoms with Gasteiger partial charge in [-0.2, -0.15) is 0 Å². The van der Waals surface area contributed by atoms with E-state index in [-0.39, 0.29) is 18.6 Å². The predicted molar refractivity (Wildman–Crippen MR) is 116 cm³/mol. The third-order valence-electron chi connectivity index (χ3n) is 9.16. The second-order valence-electron chi connectivity index (χ2n) is 10.6. The summed E-state index contributed by atoms with van der Waals surface area (Å²) in [6.07, 6.45) is 3.14. The molecule has 0 unspecified atom stereocenters. The Hall–Kier alpha value is -2.39. The molecule has 0 aromatic heterocycles. The average Bonchev–Trinajstić information content (AvgIpc) is 3.03. The van der Waals surface area contributed by atoms with E-state index >= 15 is 4.39 Å². The fourth-order valence-corrected chi connectivity index (χ4v) is 7.22. The molecule has 8 nitrogen and oxygen atoms in total. The van der Waals surface area contributed by atoms with Gasteiger partial charge in [0.15, 0.2) is 18.1 Å². The molecule has 34 heavy (non-hydrogen) atoms. The van der Waals surface area contributed by atoms with Gasteiger partial charge in [-0.05, 0) is 57.1 Å². The minimum atomic E-state index is -2.06. The first-order valence-corrected chi connectivity index (χ1v) is 11.7. The lowest BCUT2D eigenvalue weighted by molar-refractivity contribution is -0.217. The molecule has 3 N–H and O–H groups in total. The molecule has 0 aromatic rings. The zero-order chi connectivity index (χ0) is 25.1. The third kappa shape index (κ3) is 3.31. The van der Waals surface area contributed by atoms with Crippen molar-refractivity contribution in [3.05, 3.63) is 23.8 Å². The number of aliphatic hydroxyl groups excluding tert-OH is 1. The Kier molecular flexibility index (Phi) is 5.88. The van der Waals surface area contributed by atoms with Crippen molar-refractivity contribution in [2.24, 2.45) is 22.7 Å². The second-order valence-corrected chi connectivity index (χ2v) is 10.6. The fourth-order valence-electron chi connectivity index (χ4n) is 7.22. The maximum Gasteiger partial charge on any atom is 0.306 e. The predicted octanol–water partition coefficient (Wildman–Crippen LogP) is 2.07. The Balaban J connectivity index is 1.58. The number of hydrogen-bond acceptors (Lipinski definition) is 7. The lowest BCUT2D eigenvalue weighted by atomic mass is 9.44. The summed E-state index contributed by atoms with van der Waals surface area (Å²) in [7, 11) is 0. The van der Waals surface area contributed by atoms with Crippen LogP contribution in [0.4, 0.5) is 4.39 Å². The quantitative estimate of drug-likeness (QED) is 0.493. The van der Waals surface area contributed by atoms with Crippen molar-refractivity contribution in [2.45, 2.75) is 76.2 Å². The molecule has 0 amide bonds. The highest BCUT2D eigenvalue weighted by Gasteiger charge is 2.74. The molecule has 0 aromatic carbocycles. The van der Waals surface area contributed by atoms with Gasteiger partial charge in [0.2, 0.25) is 5.78 Å². The minimum Gasteiger partial charge on any atom is -0.481 e. The van der Waals surface area contributed by atoms with Crippen molar-refractivity contribution in [3.8, 4) is 0 Å². The summed E-state index contributed by atoms with van der Waals surface area (Å²) in [4.78, 5) is 47.3. The molecule has 0 saturated heterocycles. The van der Waals surface area contributed by atoms with Crippen molar-refractivity contribution < 1.29 is 43.6 Å². The van der Waals surface area contributed by atoms with Gasteiger partial charge in [-0.1, -0.05) is 18.6 Å². The number of alkyl halides is 1. The Bertz CT molecular complexity index is 1000. The minimum absolute atomic E-state index is 0.0483. The maximum absolute atomic E-state index is 17.0. The molecule has 0 spiro atoms. The molecule has 3 fully saturated rings. The summed E-state index contributed by atoms with van der Waals surface area (Å²) in [5.74, 6) is -4.00. The molecule has 9 heteroatoms. The van der Waals surface area contributed by atoms with Gasteiger partial charge in [-0.25, -0.2) is 4.39 Å². The first-order chi connectivity index (χ1) is 15.8. The van der Waals surface area contributed by atoms with E-state index in [2.05, 4.69) is 0 Å². The van der Waals surface area contributed by atoms with Crippen molar-refractivity contribution >= 4 is 23.5 Å². The first kappa shape index (κ1) is 24.7. The van der Waals surface area contributed by atoms with Crippen LogP contribution in [0, 0.1) is 22.7 Å². The maximum atomic E-state index is 17.0. The average molecular weight is 479 g/mol. The molecule has 0 aliphatic heterocycles. The van der Waals surface area contributed by atoms with Gasteiger partial charge in [0, 0.05) is 16.7 Å². The molecular weight excluding hydrogens is 447 g/mol. The summed E-state index contributed by atoms with van der Waals surface area (Å²) < 4.78 is 21.9. The number of carboxylic acids is 1. The molecular formula is C25H31FO8. The van der Waals surface area contributed by atoms with Crippen LogP contribution in [0.3, 0.4) is 0 Å². The van der Waals surface area contributed by atoms with Crippen LogP contribution in [0.1, 0.15) is 58.8 Å². The van der Waals surface area contributed by atoms with Crippen LogP contribution in [0.15, 0.2) is 23.8 Å². The smallest absolute Gasteiger partial charge is 0.306 e. The number of carbonyl (C=O) groups excluding carboxylic acids is 3. The van der Waals surface area contributed by atoms with Crippen LogP contribution in [0.5, 0.6) is 0 Å². The van der Waals surface area contributed by atoms with E-state index in [0.29, 0.717) is 24.8 Å². The zero-order valence-corrected chi connectivity index (χ0v) is 19.4. The van der Waals surface area contributed by atoms with E-state index in [1.165, 1.54) is 12.2 Å². The van der Waals surface area contributed by atoms with E-state index < -0.39 is 77.2 Å². The van der Waals surface area contributed by atoms with Gasteiger partial charge in [0.05, 0.1) is 18.9 Å². The van der Waals surface area contributed by atoms with Gasteiger partial charge < -0.3 is 20.1 Å². The Morgan fingerprint density at radius 1 is 1.18 bits per heavy atom. The van der Waals surface area contributed by atoms with Crippen LogP contribution in [-0.2, 0) is 23.9 Å². The normalized spacial score (nSPS) is 42.8. The summed E-state index contributed by atoms with van der Waals surface area (Å²) in [6, 6.07) is 0. The van der Waals surface area contributed by atoms with Crippen molar-refractivity contribution in [1.29, 1.82) is 0 Å². The van der Waals surface area contributed by atoms with Crippen LogP contribution in [0.25, 0.3) is 0 Å². The SMILES string of the molecule is C[C@]12C=CC(=O)C=C1CC[C@H]1[C@@H]3CC[C@](O)(C(=O)COC(=O)CCC(=O)O)[C@@]3(C)C[C@H](O)[C@@]12F. The van der Waals surface area contributed by atoms with E-state index in [1.807, 2.05) is 0 Å². The van der Waals surface area contributed by atoms with Crippen molar-refractivity contribution in [1.82, 2.24) is 0 Å². The summed E-state index contributed by atoms with van der Waals surface area (Å²) in [5, 5.41) is 31.4. The van der Waals surface area contributed by atoms with Crippen LogP contribution in [-0.4, -0.2) is 62.8 Å². The van der Waals surface area contributed by atoms with E-state index in [0.717, 1.165) is 0 Å². The molecule has 4 aliphatic carbocycles. The number of ether oxygens (including phenoxy) is 1. The summed E-state index contributed by atoms with van der Waals surface area (Å²) >= 11 is 0. The Morgan fingerprint density at radius 2 is 1.88 bits per heavy atom. The number of fused-ring (bicyclic) bond motifs is 5. The first-order valence-electron chi connectivity index (χ1n) is 11.7. The van der Waals surface area contributed by atoms with Crippen molar-refractivity contribution in [2.75, 3.05) is 6.61 Å². The molecule has 0 heterocycles. The highest BCUT2D eigenvalue weighted by atomic mass is 19.1. The van der Waals surface area contributed by atoms with Gasteiger partial charge in [0.25, 0.3) is 0 Å². The number of Topliss-reactive ketones (excluding diaryl/α,β-unsaturated/α-hetero) is 1. The summed E-state index contributed by atoms with van der Waals surface area (Å²) in [5.41, 5.74) is -5.62. The summed E-state index contributed by atoms with van der Waals surface area (Å²) in [6.45, 7) is 2.67. The molecule has 3 saturated carbocycles. The molecule has 4 rings (SSSR count). The topological polar surface area (TPSA) is 138 Å². The number of carboxylic acid groups (broad SMARTS) is 1. The van der Waals surface area contributed by atoms with Crippen LogP contribution < -0.4 is 0 Å². The number of aliphatic carboxylic acids is 1. The number of allylic oxidation sites excluding steroid dienone is 4. The van der Waals surface area contributed by atoms with Crippen LogP contribution >= 0.6 is 0 Å². The van der Waals surface area contributed by atoms with Crippen LogP contribution in [0.2, 0.25) is 0 Å². The lowest BCUT2D eigenvalue weighted by Gasteiger charge is -2.62. The number of ketones is 2. The van der Waals surface area contributed by atoms with Gasteiger partial charge in [-0.3, -0.25) is 19.2 Å². The third-order valence-corrected chi connectivity index (χ3v) is 9.16. The number of rotatable bonds is 6. The lowest BCUT2D eigenvalue weighted by Crippen LogP contribution is -2.69. The zero-order valence-electron chi connectivity index (χ0n) is 19.4. The largest absolute Gasteiger partial charge is 0.481 e. The number of carbonyl (C=O) groups is 4. The number of aliphatic hydroxyl groups is 2. The number of esters is 1. The van der Waals surface area contributed by atoms with Crippen molar-refractivity contribution in [3.63, 3.8) is 0 Å². The molecule has 7 atom stereocenters. The van der Waals surface area contributed by atoms with Gasteiger partial charge in [0.1, 0.15) is 5.60 Å². The molecule has 4 aliphatic rings. The Morgan fingerprint density at radius 3 is 2.56 bits per heavy atom. The molecule has 0 bridgehead atoms. The fraction of sp³-hybridized carbons (Fsp3) is 0.680. The standard InChI is InChI=1S/C25H31FO8/c1-22-9-7-15(27)11-14(22)3-4-17-16-8-10-24(33,23(16,2)12-18(28)25(17,22)26)19(29)13-34-21(32)6-5-20(30)31/h7,9,11,16-18,28,33H,3-6,8,10,12-13H2,1-2H3,(H,30,31)/t16-,17-,18-,22-,23-,24-,25-/m0/s1. The molecule has 186 valence electrons. The Labute approximate surface area is 196 Å². The highest BCUT2D eigenvalue weighted by molar-refractivity contribution is 6.01. The van der Waals surface area contributed by atoms with Gasteiger partial charge in [-0.15, -0.1) is 0 Å². The van der Waals surface area contributed by atoms with E-state index in [9.17, 15) is 29.4 Å². The second kappa shape index (κ2) is 8.09. The number of halogens is 1. The van der Waals surface area contributed by atoms with Gasteiger partial charge >= 0.3 is 11.9 Å². The van der Waals surface area contributed by atoms with E-state index in [1.54, 1.807) is 19.9 Å². The monoisotopic (exact) mass is 478 g/mol. The number of hydrogen-bond donors (Lipinski definition) is 3. The highest BCUT2D eigenvalue weighted by Crippen LogP contribution is 2.69.